The zero-order chi connectivity index (χ0) is 19.9. The molecule has 6 nitrogen and oxygen atoms in total. The van der Waals surface area contributed by atoms with Gasteiger partial charge in [-0.15, -0.1) is 13.2 Å². The number of carbonyl (C=O) groups is 1. The summed E-state index contributed by atoms with van der Waals surface area (Å²) < 4.78 is 42.3. The number of aryl methyl sites for hydroxylation is 1. The Morgan fingerprint density at radius 2 is 2.04 bits per heavy atom. The number of nitrogens with one attached hydrogen (secondary N) is 1. The number of carbonyl (C=O) groups excluding carboxylic acids is 1. The van der Waals surface area contributed by atoms with Gasteiger partial charge in [-0.05, 0) is 31.4 Å². The number of hydrogen-bond acceptors (Lipinski definition) is 5. The Hall–Kier alpha value is -3.15. The summed E-state index contributed by atoms with van der Waals surface area (Å²) in [6.07, 6.45) is 0.453. The van der Waals surface area contributed by atoms with E-state index in [9.17, 15) is 18.0 Å². The Balaban J connectivity index is 2.34. The Kier molecular flexibility index (Phi) is 6.71. The van der Waals surface area contributed by atoms with Gasteiger partial charge in [-0.25, -0.2) is 0 Å². The van der Waals surface area contributed by atoms with Crippen LogP contribution in [0.1, 0.15) is 31.9 Å². The molecule has 0 fully saturated rings. The molecular weight excluding hydrogens is 361 g/mol. The number of anilines is 1. The molecule has 0 aliphatic heterocycles. The average molecular weight is 378 g/mol. The Morgan fingerprint density at radius 3 is 2.63 bits per heavy atom. The van der Waals surface area contributed by atoms with Crippen molar-refractivity contribution in [3.63, 3.8) is 0 Å². The molecule has 0 saturated heterocycles. The van der Waals surface area contributed by atoms with Crippen LogP contribution < -0.4 is 10.1 Å². The van der Waals surface area contributed by atoms with Crippen LogP contribution in [-0.2, 0) is 11.2 Å². The maximum absolute atomic E-state index is 12.7. The number of nitriles is 1. The van der Waals surface area contributed by atoms with Gasteiger partial charge < -0.3 is 10.1 Å². The van der Waals surface area contributed by atoms with Gasteiger partial charge in [0, 0.05) is 19.5 Å². The predicted octanol–water partition coefficient (Wildman–Crippen LogP) is 4.24. The van der Waals surface area contributed by atoms with E-state index < -0.39 is 18.0 Å². The topological polar surface area (TPSA) is 87.9 Å². The number of unbranched alkanes of at least 4 members (excludes halogenated alkanes) is 2. The summed E-state index contributed by atoms with van der Waals surface area (Å²) in [7, 11) is 0. The predicted molar refractivity (Wildman–Crippen MR) is 91.6 cm³/mol. The van der Waals surface area contributed by atoms with Crippen molar-refractivity contribution in [3.8, 4) is 23.1 Å². The lowest BCUT2D eigenvalue weighted by Crippen LogP contribution is -2.18. The summed E-state index contributed by atoms with van der Waals surface area (Å²) in [5.74, 6) is -0.924. The number of nitrogens with zero attached hydrogens (tertiary/aromatic N) is 3. The molecule has 2 rings (SSSR count). The molecule has 0 spiro atoms. The van der Waals surface area contributed by atoms with Crippen LogP contribution >= 0.6 is 0 Å². The highest BCUT2D eigenvalue weighted by atomic mass is 19.4. The number of ether oxygens (including phenoxy) is 1. The first-order valence-corrected chi connectivity index (χ1v) is 8.15. The molecule has 1 N–H and O–H groups in total. The zero-order valence-corrected chi connectivity index (χ0v) is 14.5. The highest BCUT2D eigenvalue weighted by Gasteiger charge is 2.33. The minimum atomic E-state index is -4.89. The first kappa shape index (κ1) is 20.2. The van der Waals surface area contributed by atoms with Gasteiger partial charge in [0.05, 0.1) is 34.9 Å². The van der Waals surface area contributed by atoms with Gasteiger partial charge in [-0.3, -0.25) is 14.8 Å². The number of aromatic nitrogens is 2. The van der Waals surface area contributed by atoms with Gasteiger partial charge in [-0.2, -0.15) is 5.26 Å². The molecule has 0 saturated carbocycles. The fraction of sp³-hybridized carbons (Fsp3) is 0.333. The lowest BCUT2D eigenvalue weighted by molar-refractivity contribution is -0.274. The molecule has 27 heavy (non-hydrogen) atoms. The number of halogens is 3. The van der Waals surface area contributed by atoms with Crippen LogP contribution in [0.25, 0.3) is 11.3 Å². The van der Waals surface area contributed by atoms with E-state index in [2.05, 4.69) is 26.1 Å². The van der Waals surface area contributed by atoms with Crippen LogP contribution in [0.3, 0.4) is 0 Å². The van der Waals surface area contributed by atoms with Crippen molar-refractivity contribution in [1.82, 2.24) is 9.97 Å². The van der Waals surface area contributed by atoms with Crippen LogP contribution in [0.4, 0.5) is 18.9 Å². The van der Waals surface area contributed by atoms with Crippen molar-refractivity contribution in [3.05, 3.63) is 36.3 Å². The first-order chi connectivity index (χ1) is 12.8. The van der Waals surface area contributed by atoms with Crippen molar-refractivity contribution in [1.29, 1.82) is 5.26 Å². The molecule has 9 heteroatoms. The maximum atomic E-state index is 12.7. The summed E-state index contributed by atoms with van der Waals surface area (Å²) in [5.41, 5.74) is 0.931. The Labute approximate surface area is 154 Å². The highest BCUT2D eigenvalue weighted by Crippen LogP contribution is 2.38. The number of benzene rings is 1. The fourth-order valence-corrected chi connectivity index (χ4v) is 2.42. The quantitative estimate of drug-likeness (QED) is 0.728. The molecule has 1 aromatic carbocycles. The third-order valence-corrected chi connectivity index (χ3v) is 3.50. The monoisotopic (exact) mass is 378 g/mol. The second-order valence-electron chi connectivity index (χ2n) is 5.67. The van der Waals surface area contributed by atoms with E-state index in [1.54, 1.807) is 0 Å². The van der Waals surface area contributed by atoms with Gasteiger partial charge in [0.1, 0.15) is 5.75 Å². The van der Waals surface area contributed by atoms with E-state index in [1.165, 1.54) is 31.5 Å². The zero-order valence-electron chi connectivity index (χ0n) is 14.5. The van der Waals surface area contributed by atoms with Crippen LogP contribution in [0.2, 0.25) is 0 Å². The van der Waals surface area contributed by atoms with Crippen molar-refractivity contribution < 1.29 is 22.7 Å². The van der Waals surface area contributed by atoms with E-state index in [1.807, 2.05) is 0 Å². The van der Waals surface area contributed by atoms with E-state index >= 15 is 0 Å². The van der Waals surface area contributed by atoms with Crippen LogP contribution in [0.5, 0.6) is 5.75 Å². The van der Waals surface area contributed by atoms with Crippen LogP contribution in [-0.4, -0.2) is 22.2 Å². The largest absolute Gasteiger partial charge is 0.573 e. The molecular formula is C18H17F3N4O2. The van der Waals surface area contributed by atoms with E-state index in [0.29, 0.717) is 18.5 Å². The first-order valence-electron chi connectivity index (χ1n) is 8.15. The maximum Gasteiger partial charge on any atom is 0.573 e. The summed E-state index contributed by atoms with van der Waals surface area (Å²) in [4.78, 5) is 19.8. The Bertz CT molecular complexity index is 830. The van der Waals surface area contributed by atoms with E-state index in [4.69, 9.17) is 5.26 Å². The van der Waals surface area contributed by atoms with Crippen molar-refractivity contribution in [2.24, 2.45) is 0 Å². The SMILES string of the molecule is CC(=O)Nc1cccc(OC(F)(F)F)c1-c1cnc(CCCCC#N)cn1. The Morgan fingerprint density at radius 1 is 1.26 bits per heavy atom. The summed E-state index contributed by atoms with van der Waals surface area (Å²) >= 11 is 0. The van der Waals surface area contributed by atoms with Gasteiger partial charge in [0.25, 0.3) is 0 Å². The average Bonchev–Trinajstić information content (AvgIpc) is 2.58. The molecule has 0 radical (unpaired) electrons. The molecule has 0 atom stereocenters. The van der Waals surface area contributed by atoms with Gasteiger partial charge in [0.2, 0.25) is 5.91 Å². The summed E-state index contributed by atoms with van der Waals surface area (Å²) in [5, 5.41) is 11.0. The minimum Gasteiger partial charge on any atom is -0.405 e. The second-order valence-corrected chi connectivity index (χ2v) is 5.67. The highest BCUT2D eigenvalue weighted by molar-refractivity contribution is 5.95. The molecule has 0 bridgehead atoms. The smallest absolute Gasteiger partial charge is 0.405 e. The lowest BCUT2D eigenvalue weighted by atomic mass is 10.1. The number of rotatable bonds is 7. The number of amides is 1. The molecule has 0 aliphatic rings. The third kappa shape index (κ3) is 6.26. The second kappa shape index (κ2) is 8.98. The molecule has 1 amide bonds. The van der Waals surface area contributed by atoms with Crippen molar-refractivity contribution in [2.45, 2.75) is 39.0 Å². The van der Waals surface area contributed by atoms with E-state index in [0.717, 1.165) is 18.9 Å². The fourth-order valence-electron chi connectivity index (χ4n) is 2.42. The lowest BCUT2D eigenvalue weighted by Gasteiger charge is -2.16. The molecule has 1 aromatic heterocycles. The molecule has 2 aromatic rings. The van der Waals surface area contributed by atoms with Gasteiger partial charge >= 0.3 is 6.36 Å². The van der Waals surface area contributed by atoms with Crippen LogP contribution in [0, 0.1) is 11.3 Å². The normalized spacial score (nSPS) is 10.9. The van der Waals surface area contributed by atoms with Crippen molar-refractivity contribution >= 4 is 11.6 Å². The summed E-state index contributed by atoms with van der Waals surface area (Å²) in [6, 6.07) is 6.00. The number of alkyl halides is 3. The molecule has 142 valence electrons. The third-order valence-electron chi connectivity index (χ3n) is 3.50. The van der Waals surface area contributed by atoms with E-state index in [-0.39, 0.29) is 16.9 Å². The van der Waals surface area contributed by atoms with Gasteiger partial charge in [-0.1, -0.05) is 6.07 Å². The van der Waals surface area contributed by atoms with Crippen molar-refractivity contribution in [2.75, 3.05) is 5.32 Å². The number of hydrogen-bond donors (Lipinski definition) is 1. The summed E-state index contributed by atoms with van der Waals surface area (Å²) in [6.45, 7) is 1.25. The van der Waals surface area contributed by atoms with Crippen LogP contribution in [0.15, 0.2) is 30.6 Å². The minimum absolute atomic E-state index is 0.00597. The standard InChI is InChI=1S/C18H17F3N4O2/c1-12(26)25-14-7-5-8-16(27-18(19,20)21)17(14)15-11-23-13(10-24-15)6-3-2-4-9-22/h5,7-8,10-11H,2-4,6H2,1H3,(H,25,26). The molecule has 1 heterocycles. The van der Waals surface area contributed by atoms with Gasteiger partial charge in [0.15, 0.2) is 0 Å². The molecule has 0 aliphatic carbocycles. The molecule has 0 unspecified atom stereocenters.